The van der Waals surface area contributed by atoms with Crippen LogP contribution in [0.3, 0.4) is 0 Å². The van der Waals surface area contributed by atoms with E-state index in [0.29, 0.717) is 0 Å². The fourth-order valence-electron chi connectivity index (χ4n) is 2.91. The number of hydrogen-bond donors (Lipinski definition) is 1. The summed E-state index contributed by atoms with van der Waals surface area (Å²) in [6.45, 7) is 7.73. The Morgan fingerprint density at radius 3 is 2.41 bits per heavy atom. The van der Waals surface area contributed by atoms with Gasteiger partial charge in [-0.3, -0.25) is 0 Å². The van der Waals surface area contributed by atoms with E-state index in [0.717, 1.165) is 57.8 Å². The average molecular weight is 239 g/mol. The number of urea groups is 1. The molecule has 0 aromatic rings. The van der Waals surface area contributed by atoms with Gasteiger partial charge in [-0.15, -0.1) is 0 Å². The van der Waals surface area contributed by atoms with Gasteiger partial charge in [-0.1, -0.05) is 20.3 Å². The van der Waals surface area contributed by atoms with Crippen LogP contribution in [0.15, 0.2) is 0 Å². The van der Waals surface area contributed by atoms with Gasteiger partial charge >= 0.3 is 6.03 Å². The molecule has 2 aliphatic heterocycles. The molecule has 0 aromatic carbocycles. The summed E-state index contributed by atoms with van der Waals surface area (Å²) < 4.78 is 0. The predicted octanol–water partition coefficient (Wildman–Crippen LogP) is 1.65. The van der Waals surface area contributed by atoms with E-state index in [1.807, 2.05) is 9.80 Å². The Morgan fingerprint density at radius 2 is 1.88 bits per heavy atom. The molecule has 17 heavy (non-hydrogen) atoms. The number of likely N-dealkylation sites (tertiary alicyclic amines) is 2. The van der Waals surface area contributed by atoms with Crippen LogP contribution in [0, 0.1) is 5.92 Å². The van der Waals surface area contributed by atoms with Crippen molar-refractivity contribution in [3.05, 3.63) is 0 Å². The lowest BCUT2D eigenvalue weighted by molar-refractivity contribution is 0.0600. The highest BCUT2D eigenvalue weighted by atomic mass is 16.2. The molecule has 2 aliphatic rings. The van der Waals surface area contributed by atoms with Gasteiger partial charge in [0.15, 0.2) is 0 Å². The lowest BCUT2D eigenvalue weighted by atomic mass is 9.86. The number of amides is 2. The summed E-state index contributed by atoms with van der Waals surface area (Å²) in [6, 6.07) is 0.203. The second kappa shape index (κ2) is 4.84. The summed E-state index contributed by atoms with van der Waals surface area (Å²) in [6.07, 6.45) is 4.40. The minimum atomic E-state index is -0.104. The van der Waals surface area contributed by atoms with Gasteiger partial charge in [0.05, 0.1) is 5.54 Å². The number of carbonyl (C=O) groups excluding carboxylic acids is 1. The highest BCUT2D eigenvalue weighted by molar-refractivity contribution is 5.76. The maximum Gasteiger partial charge on any atom is 0.320 e. The highest BCUT2D eigenvalue weighted by Gasteiger charge is 2.42. The Morgan fingerprint density at radius 1 is 1.29 bits per heavy atom. The van der Waals surface area contributed by atoms with Gasteiger partial charge in [-0.2, -0.15) is 0 Å². The Labute approximate surface area is 104 Å². The molecular formula is C13H25N3O. The number of piperidine rings is 1. The molecule has 4 heteroatoms. The van der Waals surface area contributed by atoms with Crippen molar-refractivity contribution >= 4 is 6.03 Å². The van der Waals surface area contributed by atoms with E-state index in [1.165, 1.54) is 0 Å². The third-order valence-electron chi connectivity index (χ3n) is 4.08. The maximum absolute atomic E-state index is 12.2. The van der Waals surface area contributed by atoms with Crippen molar-refractivity contribution in [1.82, 2.24) is 9.80 Å². The van der Waals surface area contributed by atoms with Crippen molar-refractivity contribution in [3.8, 4) is 0 Å². The van der Waals surface area contributed by atoms with E-state index in [2.05, 4.69) is 13.8 Å². The minimum Gasteiger partial charge on any atom is -0.325 e. The van der Waals surface area contributed by atoms with E-state index < -0.39 is 0 Å². The normalized spacial score (nSPS) is 24.6. The minimum absolute atomic E-state index is 0.104. The third kappa shape index (κ3) is 2.73. The topological polar surface area (TPSA) is 49.6 Å². The van der Waals surface area contributed by atoms with E-state index in [-0.39, 0.29) is 11.6 Å². The van der Waals surface area contributed by atoms with Crippen LogP contribution in [0.4, 0.5) is 4.79 Å². The summed E-state index contributed by atoms with van der Waals surface area (Å²) in [5.74, 6) is 0.768. The molecule has 2 fully saturated rings. The largest absolute Gasteiger partial charge is 0.325 e. The predicted molar refractivity (Wildman–Crippen MR) is 68.8 cm³/mol. The molecular weight excluding hydrogens is 214 g/mol. The summed E-state index contributed by atoms with van der Waals surface area (Å²) in [4.78, 5) is 16.1. The fourth-order valence-corrected chi connectivity index (χ4v) is 2.91. The molecule has 0 saturated carbocycles. The van der Waals surface area contributed by atoms with Crippen LogP contribution in [-0.2, 0) is 0 Å². The lowest BCUT2D eigenvalue weighted by Crippen LogP contribution is -2.70. The van der Waals surface area contributed by atoms with Crippen LogP contribution < -0.4 is 5.73 Å². The Balaban J connectivity index is 1.79. The summed E-state index contributed by atoms with van der Waals surface area (Å²) >= 11 is 0. The Hall–Kier alpha value is -0.770. The number of nitrogens with zero attached hydrogens (tertiary/aromatic N) is 2. The Kier molecular flexibility index (Phi) is 3.61. The highest BCUT2D eigenvalue weighted by Crippen LogP contribution is 2.26. The molecule has 0 unspecified atom stereocenters. The molecule has 2 N–H and O–H groups in total. The average Bonchev–Trinajstić information content (AvgIpc) is 2.26. The van der Waals surface area contributed by atoms with Gasteiger partial charge in [-0.25, -0.2) is 4.79 Å². The van der Waals surface area contributed by atoms with Gasteiger partial charge in [0.25, 0.3) is 0 Å². The van der Waals surface area contributed by atoms with E-state index in [9.17, 15) is 4.79 Å². The van der Waals surface area contributed by atoms with Gasteiger partial charge < -0.3 is 15.5 Å². The first-order valence-electron chi connectivity index (χ1n) is 6.87. The van der Waals surface area contributed by atoms with E-state index in [1.54, 1.807) is 0 Å². The zero-order valence-electron chi connectivity index (χ0n) is 11.1. The second-order valence-electron chi connectivity index (χ2n) is 5.92. The zero-order chi connectivity index (χ0) is 12.5. The monoisotopic (exact) mass is 239 g/mol. The van der Waals surface area contributed by atoms with Crippen molar-refractivity contribution < 1.29 is 4.79 Å². The molecule has 2 saturated heterocycles. The first-order valence-corrected chi connectivity index (χ1v) is 6.87. The molecule has 0 bridgehead atoms. The van der Waals surface area contributed by atoms with Crippen LogP contribution in [-0.4, -0.2) is 47.5 Å². The standard InChI is InChI=1S/C13H25N3O/c1-3-6-13(14)9-16(10-13)12(17)15-7-4-11(2)5-8-15/h11H,3-10,14H2,1-2H3. The molecule has 0 aromatic heterocycles. The lowest BCUT2D eigenvalue weighted by Gasteiger charge is -2.49. The number of rotatable bonds is 2. The molecule has 0 aliphatic carbocycles. The molecule has 0 radical (unpaired) electrons. The van der Waals surface area contributed by atoms with Crippen LogP contribution in [0.5, 0.6) is 0 Å². The van der Waals surface area contributed by atoms with Crippen LogP contribution in [0.1, 0.15) is 39.5 Å². The second-order valence-corrected chi connectivity index (χ2v) is 5.92. The zero-order valence-corrected chi connectivity index (χ0v) is 11.1. The first kappa shape index (κ1) is 12.7. The van der Waals surface area contributed by atoms with Gasteiger partial charge in [-0.05, 0) is 25.2 Å². The number of carbonyl (C=O) groups is 1. The summed E-state index contributed by atoms with van der Waals surface area (Å²) in [5.41, 5.74) is 6.08. The molecule has 2 heterocycles. The quantitative estimate of drug-likeness (QED) is 0.796. The SMILES string of the molecule is CCCC1(N)CN(C(=O)N2CCC(C)CC2)C1. The van der Waals surface area contributed by atoms with E-state index in [4.69, 9.17) is 5.73 Å². The van der Waals surface area contributed by atoms with E-state index >= 15 is 0 Å². The maximum atomic E-state index is 12.2. The van der Waals surface area contributed by atoms with Crippen molar-refractivity contribution in [2.75, 3.05) is 26.2 Å². The van der Waals surface area contributed by atoms with Crippen LogP contribution in [0.25, 0.3) is 0 Å². The first-order chi connectivity index (χ1) is 8.04. The van der Waals surface area contributed by atoms with Gasteiger partial charge in [0, 0.05) is 26.2 Å². The molecule has 2 amide bonds. The molecule has 98 valence electrons. The van der Waals surface area contributed by atoms with Crippen molar-refractivity contribution in [2.45, 2.75) is 45.1 Å². The van der Waals surface area contributed by atoms with Crippen LogP contribution >= 0.6 is 0 Å². The van der Waals surface area contributed by atoms with Gasteiger partial charge in [0.2, 0.25) is 0 Å². The molecule has 2 rings (SSSR count). The summed E-state index contributed by atoms with van der Waals surface area (Å²) in [5, 5.41) is 0. The number of nitrogens with two attached hydrogens (primary N) is 1. The van der Waals surface area contributed by atoms with Crippen molar-refractivity contribution in [3.63, 3.8) is 0 Å². The van der Waals surface area contributed by atoms with Crippen molar-refractivity contribution in [1.29, 1.82) is 0 Å². The number of hydrogen-bond acceptors (Lipinski definition) is 2. The van der Waals surface area contributed by atoms with Crippen molar-refractivity contribution in [2.24, 2.45) is 11.7 Å². The summed E-state index contributed by atoms with van der Waals surface area (Å²) in [7, 11) is 0. The molecule has 0 spiro atoms. The van der Waals surface area contributed by atoms with Gasteiger partial charge in [0.1, 0.15) is 0 Å². The smallest absolute Gasteiger partial charge is 0.320 e. The third-order valence-corrected chi connectivity index (χ3v) is 4.08. The molecule has 4 nitrogen and oxygen atoms in total. The Bertz CT molecular complexity index is 278. The van der Waals surface area contributed by atoms with Crippen LogP contribution in [0.2, 0.25) is 0 Å². The fraction of sp³-hybridized carbons (Fsp3) is 0.923. The molecule has 0 atom stereocenters.